The first-order valence-electron chi connectivity index (χ1n) is 14.4. The highest BCUT2D eigenvalue weighted by Crippen LogP contribution is 2.32. The molecule has 0 aliphatic heterocycles. The highest BCUT2D eigenvalue weighted by Gasteiger charge is 2.27. The Balaban J connectivity index is 1.33. The van der Waals surface area contributed by atoms with Crippen LogP contribution in [0, 0.1) is 0 Å². The second-order valence-corrected chi connectivity index (χ2v) is 11.4. The number of aryl methyl sites for hydroxylation is 1. The summed E-state index contributed by atoms with van der Waals surface area (Å²) in [5.74, 6) is 0.0629. The maximum Gasteiger partial charge on any atom is 0.393 e. The van der Waals surface area contributed by atoms with Gasteiger partial charge in [0.15, 0.2) is 0 Å². The molecule has 0 aliphatic rings. The molecule has 0 saturated carbocycles. The summed E-state index contributed by atoms with van der Waals surface area (Å²) in [5.41, 5.74) is 4.06. The van der Waals surface area contributed by atoms with Crippen LogP contribution in [-0.4, -0.2) is 17.1 Å². The summed E-state index contributed by atoms with van der Waals surface area (Å²) >= 11 is 1.54. The quantitative estimate of drug-likeness (QED) is 0.151. The molecule has 4 aromatic rings. The van der Waals surface area contributed by atoms with Crippen molar-refractivity contribution in [3.63, 3.8) is 0 Å². The van der Waals surface area contributed by atoms with E-state index in [0.717, 1.165) is 48.2 Å². The first-order chi connectivity index (χ1) is 19.8. The number of amides is 1. The number of aromatic nitrogens is 1. The zero-order valence-electron chi connectivity index (χ0n) is 23.4. The minimum Gasteiger partial charge on any atom is -0.320 e. The van der Waals surface area contributed by atoms with Crippen molar-refractivity contribution in [2.45, 2.75) is 76.8 Å². The van der Waals surface area contributed by atoms with Crippen molar-refractivity contribution in [3.8, 4) is 11.1 Å². The molecule has 1 heterocycles. The number of hydrogen-bond acceptors (Lipinski definition) is 3. The SMILES string of the molecule is CCCC(CCCCCCc1ccccc1)c1nc(C(=O)Nc2ccccc2-c2ccc(CC(F)(F)F)cc2)cs1. The molecule has 0 radical (unpaired) electrons. The van der Waals surface area contributed by atoms with Gasteiger partial charge in [-0.1, -0.05) is 105 Å². The van der Waals surface area contributed by atoms with E-state index in [1.807, 2.05) is 23.6 Å². The van der Waals surface area contributed by atoms with Crippen LogP contribution >= 0.6 is 11.3 Å². The molecule has 1 amide bonds. The molecule has 1 atom stereocenters. The number of halogens is 3. The third kappa shape index (κ3) is 9.56. The monoisotopic (exact) mass is 578 g/mol. The highest BCUT2D eigenvalue weighted by molar-refractivity contribution is 7.10. The van der Waals surface area contributed by atoms with E-state index in [1.54, 1.807) is 29.5 Å². The molecule has 3 aromatic carbocycles. The first kappa shape index (κ1) is 30.5. The minimum absolute atomic E-state index is 0.201. The van der Waals surface area contributed by atoms with Gasteiger partial charge in [0.05, 0.1) is 11.4 Å². The minimum atomic E-state index is -4.25. The molecular formula is C34H37F3N2OS. The van der Waals surface area contributed by atoms with Crippen molar-refractivity contribution >= 4 is 22.9 Å². The second kappa shape index (κ2) is 15.0. The van der Waals surface area contributed by atoms with E-state index in [2.05, 4.69) is 42.6 Å². The number of unbranched alkanes of at least 4 members (excludes halogenated alkanes) is 3. The topological polar surface area (TPSA) is 42.0 Å². The van der Waals surface area contributed by atoms with Gasteiger partial charge in [0.25, 0.3) is 5.91 Å². The van der Waals surface area contributed by atoms with Crippen LogP contribution in [0.3, 0.4) is 0 Å². The standard InChI is InChI=1S/C34H37F3N2OS/c1-2-12-28(16-9-4-3-6-13-25-14-7-5-8-15-25)33-39-31(24-41-33)32(40)38-30-18-11-10-17-29(30)27-21-19-26(20-22-27)23-34(35,36)37/h5,7-8,10-11,14-15,17-22,24,28H,2-4,6,9,12-13,16,23H2,1H3,(H,38,40). The predicted molar refractivity (Wildman–Crippen MR) is 163 cm³/mol. The number of rotatable bonds is 14. The summed E-state index contributed by atoms with van der Waals surface area (Å²) in [6, 6.07) is 24.2. The van der Waals surface area contributed by atoms with Crippen LogP contribution in [0.4, 0.5) is 18.9 Å². The Bertz CT molecular complexity index is 1370. The maximum absolute atomic E-state index is 13.2. The molecule has 1 N–H and O–H groups in total. The fourth-order valence-corrected chi connectivity index (χ4v) is 6.07. The van der Waals surface area contributed by atoms with Crippen LogP contribution < -0.4 is 5.32 Å². The van der Waals surface area contributed by atoms with E-state index in [9.17, 15) is 18.0 Å². The zero-order valence-corrected chi connectivity index (χ0v) is 24.2. The number of hydrogen-bond donors (Lipinski definition) is 1. The Morgan fingerprint density at radius 3 is 2.29 bits per heavy atom. The summed E-state index contributed by atoms with van der Waals surface area (Å²) in [7, 11) is 0. The molecule has 0 saturated heterocycles. The van der Waals surface area contributed by atoms with Gasteiger partial charge >= 0.3 is 6.18 Å². The Hall–Kier alpha value is -3.45. The average Bonchev–Trinajstić information content (AvgIpc) is 3.45. The third-order valence-corrected chi connectivity index (χ3v) is 8.20. The lowest BCUT2D eigenvalue weighted by molar-refractivity contribution is -0.127. The number of anilines is 1. The molecule has 0 bridgehead atoms. The number of carbonyl (C=O) groups excluding carboxylic acids is 1. The molecule has 3 nitrogen and oxygen atoms in total. The van der Waals surface area contributed by atoms with E-state index >= 15 is 0 Å². The van der Waals surface area contributed by atoms with Gasteiger partial charge in [-0.2, -0.15) is 13.2 Å². The highest BCUT2D eigenvalue weighted by atomic mass is 32.1. The third-order valence-electron chi connectivity index (χ3n) is 7.20. The van der Waals surface area contributed by atoms with E-state index in [-0.39, 0.29) is 11.5 Å². The van der Waals surface area contributed by atoms with E-state index in [4.69, 9.17) is 4.98 Å². The molecule has 4 rings (SSSR count). The summed E-state index contributed by atoms with van der Waals surface area (Å²) in [5, 5.41) is 5.80. The Morgan fingerprint density at radius 2 is 1.56 bits per heavy atom. The number of alkyl halides is 3. The van der Waals surface area contributed by atoms with Gasteiger partial charge in [0, 0.05) is 22.5 Å². The fraction of sp³-hybridized carbons (Fsp3) is 0.353. The van der Waals surface area contributed by atoms with Crippen LogP contribution in [0.15, 0.2) is 84.2 Å². The Labute approximate surface area is 244 Å². The van der Waals surface area contributed by atoms with Gasteiger partial charge in [0.1, 0.15) is 5.69 Å². The van der Waals surface area contributed by atoms with Crippen LogP contribution in [-0.2, 0) is 12.8 Å². The second-order valence-electron chi connectivity index (χ2n) is 10.5. The van der Waals surface area contributed by atoms with Crippen molar-refractivity contribution in [3.05, 3.63) is 106 Å². The molecule has 1 unspecified atom stereocenters. The van der Waals surface area contributed by atoms with Crippen LogP contribution in [0.1, 0.15) is 84.4 Å². The molecule has 0 fully saturated rings. The lowest BCUT2D eigenvalue weighted by Crippen LogP contribution is -2.13. The van der Waals surface area contributed by atoms with Crippen molar-refractivity contribution < 1.29 is 18.0 Å². The van der Waals surface area contributed by atoms with Gasteiger partial charge < -0.3 is 5.32 Å². The van der Waals surface area contributed by atoms with Crippen molar-refractivity contribution in [1.82, 2.24) is 4.98 Å². The number of thiazole rings is 1. The number of benzene rings is 3. The fourth-order valence-electron chi connectivity index (χ4n) is 5.10. The zero-order chi connectivity index (χ0) is 29.1. The molecule has 1 aromatic heterocycles. The summed E-state index contributed by atoms with van der Waals surface area (Å²) in [6.45, 7) is 2.18. The van der Waals surface area contributed by atoms with Crippen LogP contribution in [0.25, 0.3) is 11.1 Å². The van der Waals surface area contributed by atoms with Gasteiger partial charge in [-0.05, 0) is 48.4 Å². The maximum atomic E-state index is 13.2. The molecular weight excluding hydrogens is 541 g/mol. The smallest absolute Gasteiger partial charge is 0.320 e. The first-order valence-corrected chi connectivity index (χ1v) is 15.3. The Kier molecular flexibility index (Phi) is 11.1. The number of para-hydroxylation sites is 1. The molecule has 0 spiro atoms. The van der Waals surface area contributed by atoms with E-state index in [0.29, 0.717) is 17.3 Å². The van der Waals surface area contributed by atoms with Crippen LogP contribution in [0.5, 0.6) is 0 Å². The normalized spacial score (nSPS) is 12.3. The van der Waals surface area contributed by atoms with E-state index < -0.39 is 12.6 Å². The summed E-state index contributed by atoms with van der Waals surface area (Å²) < 4.78 is 38.2. The largest absolute Gasteiger partial charge is 0.393 e. The molecule has 41 heavy (non-hydrogen) atoms. The van der Waals surface area contributed by atoms with Gasteiger partial charge in [0.2, 0.25) is 0 Å². The van der Waals surface area contributed by atoms with Crippen molar-refractivity contribution in [2.75, 3.05) is 5.32 Å². The van der Waals surface area contributed by atoms with Crippen LogP contribution in [0.2, 0.25) is 0 Å². The average molecular weight is 579 g/mol. The summed E-state index contributed by atoms with van der Waals surface area (Å²) in [4.78, 5) is 17.9. The Morgan fingerprint density at radius 1 is 0.854 bits per heavy atom. The number of nitrogens with zero attached hydrogens (tertiary/aromatic N) is 1. The lowest BCUT2D eigenvalue weighted by atomic mass is 9.96. The number of nitrogens with one attached hydrogen (secondary N) is 1. The van der Waals surface area contributed by atoms with Gasteiger partial charge in [-0.15, -0.1) is 11.3 Å². The predicted octanol–water partition coefficient (Wildman–Crippen LogP) is 10.2. The molecule has 216 valence electrons. The van der Waals surface area contributed by atoms with E-state index in [1.165, 1.54) is 37.0 Å². The van der Waals surface area contributed by atoms with Gasteiger partial charge in [-0.25, -0.2) is 4.98 Å². The number of carbonyl (C=O) groups is 1. The van der Waals surface area contributed by atoms with Crippen molar-refractivity contribution in [1.29, 1.82) is 0 Å². The lowest BCUT2D eigenvalue weighted by Gasteiger charge is -2.13. The molecule has 7 heteroatoms. The van der Waals surface area contributed by atoms with Gasteiger partial charge in [-0.3, -0.25) is 4.79 Å². The summed E-state index contributed by atoms with van der Waals surface area (Å²) in [6.07, 6.45) is 3.84. The van der Waals surface area contributed by atoms with Crippen molar-refractivity contribution in [2.24, 2.45) is 0 Å². The molecule has 0 aliphatic carbocycles.